The van der Waals surface area contributed by atoms with Gasteiger partial charge in [-0.05, 0) is 49.2 Å². The lowest BCUT2D eigenvalue weighted by atomic mass is 10.1. The molecule has 0 unspecified atom stereocenters. The lowest BCUT2D eigenvalue weighted by Gasteiger charge is -2.05. The molecule has 1 aromatic heterocycles. The van der Waals surface area contributed by atoms with Gasteiger partial charge in [-0.1, -0.05) is 23.7 Å². The molecule has 5 heteroatoms. The molecule has 0 saturated heterocycles. The second kappa shape index (κ2) is 6.44. The molecule has 0 bridgehead atoms. The molecule has 3 rings (SSSR count). The van der Waals surface area contributed by atoms with Crippen LogP contribution in [-0.2, 0) is 6.42 Å². The molecular weight excluding hydrogens is 314 g/mol. The Morgan fingerprint density at radius 3 is 2.65 bits per heavy atom. The van der Waals surface area contributed by atoms with E-state index in [1.165, 1.54) is 0 Å². The van der Waals surface area contributed by atoms with Gasteiger partial charge in [-0.3, -0.25) is 4.79 Å². The minimum Gasteiger partial charge on any atom is -0.451 e. The summed E-state index contributed by atoms with van der Waals surface area (Å²) in [6.45, 7) is 1.94. The number of carbonyl (C=O) groups excluding carboxylic acids is 1. The molecule has 1 amide bonds. The van der Waals surface area contributed by atoms with Gasteiger partial charge in [0.25, 0.3) is 5.91 Å². The molecule has 2 N–H and O–H groups in total. The van der Waals surface area contributed by atoms with Crippen molar-refractivity contribution in [3.05, 3.63) is 64.4 Å². The Morgan fingerprint density at radius 1 is 1.22 bits per heavy atom. The van der Waals surface area contributed by atoms with Crippen LogP contribution in [0.2, 0.25) is 5.02 Å². The maximum atomic E-state index is 12.4. The van der Waals surface area contributed by atoms with Crippen molar-refractivity contribution >= 4 is 34.2 Å². The van der Waals surface area contributed by atoms with E-state index in [2.05, 4.69) is 5.32 Å². The van der Waals surface area contributed by atoms with Crippen molar-refractivity contribution < 1.29 is 14.3 Å². The van der Waals surface area contributed by atoms with E-state index in [0.717, 1.165) is 16.5 Å². The second-order valence-corrected chi connectivity index (χ2v) is 5.76. The number of aliphatic hydroxyl groups is 1. The van der Waals surface area contributed by atoms with E-state index < -0.39 is 0 Å². The lowest BCUT2D eigenvalue weighted by molar-refractivity contribution is 0.0998. The molecule has 0 aliphatic heterocycles. The van der Waals surface area contributed by atoms with Crippen LogP contribution in [0.4, 0.5) is 5.69 Å². The molecule has 0 aliphatic rings. The highest BCUT2D eigenvalue weighted by Crippen LogP contribution is 2.28. The highest BCUT2D eigenvalue weighted by molar-refractivity contribution is 6.31. The van der Waals surface area contributed by atoms with Crippen LogP contribution in [0.15, 0.2) is 46.9 Å². The largest absolute Gasteiger partial charge is 0.451 e. The summed E-state index contributed by atoms with van der Waals surface area (Å²) >= 11 is 5.99. The molecule has 1 heterocycles. The number of furan rings is 1. The predicted molar refractivity (Wildman–Crippen MR) is 91.1 cm³/mol. The van der Waals surface area contributed by atoms with Crippen molar-refractivity contribution in [2.45, 2.75) is 13.3 Å². The van der Waals surface area contributed by atoms with E-state index in [4.69, 9.17) is 21.1 Å². The standard InChI is InChI=1S/C18H16ClNO3/c1-11-15-10-13(19)4-7-16(15)23-17(11)18(22)20-14-5-2-12(3-6-14)8-9-21/h2-7,10,21H,8-9H2,1H3,(H,20,22). The summed E-state index contributed by atoms with van der Waals surface area (Å²) in [6.07, 6.45) is 0.595. The summed E-state index contributed by atoms with van der Waals surface area (Å²) in [5.41, 5.74) is 3.09. The summed E-state index contributed by atoms with van der Waals surface area (Å²) < 4.78 is 5.65. The number of hydrogen-bond acceptors (Lipinski definition) is 3. The smallest absolute Gasteiger partial charge is 0.291 e. The summed E-state index contributed by atoms with van der Waals surface area (Å²) in [4.78, 5) is 12.4. The Morgan fingerprint density at radius 2 is 1.96 bits per heavy atom. The van der Waals surface area contributed by atoms with Crippen LogP contribution >= 0.6 is 11.6 Å². The van der Waals surface area contributed by atoms with E-state index >= 15 is 0 Å². The molecule has 3 aromatic rings. The van der Waals surface area contributed by atoms with Gasteiger partial charge in [0.2, 0.25) is 0 Å². The highest BCUT2D eigenvalue weighted by atomic mass is 35.5. The number of aliphatic hydroxyl groups excluding tert-OH is 1. The zero-order chi connectivity index (χ0) is 16.4. The van der Waals surface area contributed by atoms with Crippen molar-refractivity contribution in [3.63, 3.8) is 0 Å². The number of amides is 1. The van der Waals surface area contributed by atoms with E-state index in [1.807, 2.05) is 19.1 Å². The molecule has 0 spiro atoms. The van der Waals surface area contributed by atoms with Crippen LogP contribution in [0.1, 0.15) is 21.7 Å². The minimum absolute atomic E-state index is 0.104. The molecule has 2 aromatic carbocycles. The fourth-order valence-corrected chi connectivity index (χ4v) is 2.65. The molecule has 23 heavy (non-hydrogen) atoms. The summed E-state index contributed by atoms with van der Waals surface area (Å²) in [5.74, 6) is -0.0218. The number of fused-ring (bicyclic) bond motifs is 1. The fraction of sp³-hybridized carbons (Fsp3) is 0.167. The first-order valence-corrected chi connectivity index (χ1v) is 7.66. The Labute approximate surface area is 138 Å². The average molecular weight is 330 g/mol. The topological polar surface area (TPSA) is 62.5 Å². The van der Waals surface area contributed by atoms with Gasteiger partial charge in [0.15, 0.2) is 5.76 Å². The van der Waals surface area contributed by atoms with E-state index in [1.54, 1.807) is 30.3 Å². The first kappa shape index (κ1) is 15.6. The van der Waals surface area contributed by atoms with Crippen molar-refractivity contribution in [3.8, 4) is 0 Å². The third-order valence-corrected chi connectivity index (χ3v) is 3.95. The number of nitrogens with one attached hydrogen (secondary N) is 1. The zero-order valence-corrected chi connectivity index (χ0v) is 13.4. The highest BCUT2D eigenvalue weighted by Gasteiger charge is 2.18. The third-order valence-electron chi connectivity index (χ3n) is 3.72. The Bertz CT molecular complexity index is 853. The van der Waals surface area contributed by atoms with Gasteiger partial charge in [-0.25, -0.2) is 0 Å². The summed E-state index contributed by atoms with van der Waals surface area (Å²) in [6, 6.07) is 12.6. The van der Waals surface area contributed by atoms with E-state index in [0.29, 0.717) is 22.7 Å². The molecule has 0 aliphatic carbocycles. The van der Waals surface area contributed by atoms with Gasteiger partial charge in [-0.15, -0.1) is 0 Å². The number of anilines is 1. The lowest BCUT2D eigenvalue weighted by Crippen LogP contribution is -2.12. The zero-order valence-electron chi connectivity index (χ0n) is 12.6. The van der Waals surface area contributed by atoms with Crippen molar-refractivity contribution in [1.29, 1.82) is 0 Å². The average Bonchev–Trinajstić information content (AvgIpc) is 2.86. The van der Waals surface area contributed by atoms with Gasteiger partial charge in [-0.2, -0.15) is 0 Å². The van der Waals surface area contributed by atoms with Crippen molar-refractivity contribution in [2.24, 2.45) is 0 Å². The molecular formula is C18H16ClNO3. The predicted octanol–water partition coefficient (Wildman–Crippen LogP) is 4.18. The number of hydrogen-bond donors (Lipinski definition) is 2. The molecule has 0 fully saturated rings. The van der Waals surface area contributed by atoms with Gasteiger partial charge >= 0.3 is 0 Å². The fourth-order valence-electron chi connectivity index (χ4n) is 2.48. The van der Waals surface area contributed by atoms with Gasteiger partial charge in [0, 0.05) is 28.3 Å². The molecule has 0 saturated carbocycles. The minimum atomic E-state index is -0.301. The normalized spacial score (nSPS) is 10.9. The van der Waals surface area contributed by atoms with Crippen LogP contribution in [0.25, 0.3) is 11.0 Å². The Balaban J connectivity index is 1.84. The number of benzene rings is 2. The first-order chi connectivity index (χ1) is 11.1. The van der Waals surface area contributed by atoms with Crippen LogP contribution in [-0.4, -0.2) is 17.6 Å². The van der Waals surface area contributed by atoms with Crippen LogP contribution < -0.4 is 5.32 Å². The van der Waals surface area contributed by atoms with Crippen molar-refractivity contribution in [1.82, 2.24) is 0 Å². The third kappa shape index (κ3) is 3.23. The number of halogens is 1. The Kier molecular flexibility index (Phi) is 4.37. The molecule has 0 atom stereocenters. The molecule has 0 radical (unpaired) electrons. The maximum Gasteiger partial charge on any atom is 0.291 e. The summed E-state index contributed by atoms with van der Waals surface area (Å²) in [5, 5.41) is 13.2. The SMILES string of the molecule is Cc1c(C(=O)Nc2ccc(CCO)cc2)oc2ccc(Cl)cc12. The van der Waals surface area contributed by atoms with Crippen LogP contribution in [0.3, 0.4) is 0 Å². The second-order valence-electron chi connectivity index (χ2n) is 5.32. The van der Waals surface area contributed by atoms with Gasteiger partial charge in [0.1, 0.15) is 5.58 Å². The van der Waals surface area contributed by atoms with E-state index in [-0.39, 0.29) is 18.3 Å². The summed E-state index contributed by atoms with van der Waals surface area (Å²) in [7, 11) is 0. The number of rotatable bonds is 4. The van der Waals surface area contributed by atoms with Crippen molar-refractivity contribution in [2.75, 3.05) is 11.9 Å². The number of carbonyl (C=O) groups is 1. The van der Waals surface area contributed by atoms with E-state index in [9.17, 15) is 4.79 Å². The van der Waals surface area contributed by atoms with Gasteiger partial charge in [0.05, 0.1) is 0 Å². The first-order valence-electron chi connectivity index (χ1n) is 7.28. The monoisotopic (exact) mass is 329 g/mol. The van der Waals surface area contributed by atoms with Crippen LogP contribution in [0.5, 0.6) is 0 Å². The number of aryl methyl sites for hydroxylation is 1. The molecule has 4 nitrogen and oxygen atoms in total. The molecule has 118 valence electrons. The van der Waals surface area contributed by atoms with Gasteiger partial charge < -0.3 is 14.8 Å². The Hall–Kier alpha value is -2.30. The maximum absolute atomic E-state index is 12.4. The quantitative estimate of drug-likeness (QED) is 0.754. The van der Waals surface area contributed by atoms with Crippen LogP contribution in [0, 0.1) is 6.92 Å².